The molecule has 2 aromatic carbocycles. The first kappa shape index (κ1) is 19.2. The Hall–Kier alpha value is -3.08. The first-order valence-corrected chi connectivity index (χ1v) is 8.45. The first-order chi connectivity index (χ1) is 12.5. The highest BCUT2D eigenvalue weighted by Gasteiger charge is 2.05. The molecule has 0 aliphatic carbocycles. The second-order valence-electron chi connectivity index (χ2n) is 6.01. The number of nitrogens with one attached hydrogen (secondary N) is 2. The van der Waals surface area contributed by atoms with E-state index in [0.717, 1.165) is 28.1 Å². The van der Waals surface area contributed by atoms with Crippen molar-refractivity contribution in [3.8, 4) is 5.75 Å². The van der Waals surface area contributed by atoms with Crippen molar-refractivity contribution < 1.29 is 14.3 Å². The lowest BCUT2D eigenvalue weighted by Gasteiger charge is -2.09. The fourth-order valence-electron chi connectivity index (χ4n) is 2.41. The maximum absolute atomic E-state index is 12.0. The van der Waals surface area contributed by atoms with Crippen molar-refractivity contribution in [1.29, 1.82) is 0 Å². The van der Waals surface area contributed by atoms with E-state index < -0.39 is 0 Å². The van der Waals surface area contributed by atoms with Gasteiger partial charge in [0.05, 0.1) is 7.11 Å². The summed E-state index contributed by atoms with van der Waals surface area (Å²) in [5.41, 5.74) is 3.86. The van der Waals surface area contributed by atoms with E-state index >= 15 is 0 Å². The molecular weight excluding hydrogens is 328 g/mol. The van der Waals surface area contributed by atoms with Gasteiger partial charge < -0.3 is 15.4 Å². The normalized spacial score (nSPS) is 10.6. The molecule has 136 valence electrons. The topological polar surface area (TPSA) is 67.4 Å². The van der Waals surface area contributed by atoms with E-state index in [1.807, 2.05) is 56.3 Å². The second-order valence-corrected chi connectivity index (χ2v) is 6.01. The molecule has 0 aromatic heterocycles. The Labute approximate surface area is 154 Å². The summed E-state index contributed by atoms with van der Waals surface area (Å²) in [4.78, 5) is 23.8. The van der Waals surface area contributed by atoms with Crippen LogP contribution in [0.4, 0.5) is 5.69 Å². The number of hydrogen-bond donors (Lipinski definition) is 2. The molecule has 0 unspecified atom stereocenters. The fraction of sp³-hybridized carbons (Fsp3) is 0.238. The Morgan fingerprint density at radius 2 is 1.81 bits per heavy atom. The van der Waals surface area contributed by atoms with Crippen LogP contribution in [0, 0.1) is 13.8 Å². The third-order valence-electron chi connectivity index (χ3n) is 3.85. The van der Waals surface area contributed by atoms with Crippen molar-refractivity contribution in [3.05, 3.63) is 65.2 Å². The summed E-state index contributed by atoms with van der Waals surface area (Å²) in [5.74, 6) is 0.401. The Bertz CT molecular complexity index is 795. The van der Waals surface area contributed by atoms with E-state index in [0.29, 0.717) is 0 Å². The standard InChI is InChI=1S/C21H24N2O3/c1-15-4-10-19(16(2)14-15)23-21(25)12-13-22-20(24)11-7-17-5-8-18(26-3)9-6-17/h4-11,14H,12-13H2,1-3H3,(H,22,24)(H,23,25)/b11-7+. The number of anilines is 1. The lowest BCUT2D eigenvalue weighted by atomic mass is 10.1. The van der Waals surface area contributed by atoms with E-state index in [1.54, 1.807) is 13.2 Å². The largest absolute Gasteiger partial charge is 0.497 e. The summed E-state index contributed by atoms with van der Waals surface area (Å²) >= 11 is 0. The number of methoxy groups -OCH3 is 1. The summed E-state index contributed by atoms with van der Waals surface area (Å²) in [6.07, 6.45) is 3.38. The van der Waals surface area contributed by atoms with Crippen LogP contribution >= 0.6 is 0 Å². The van der Waals surface area contributed by atoms with Crippen LogP contribution in [0.25, 0.3) is 6.08 Å². The average molecular weight is 352 g/mol. The van der Waals surface area contributed by atoms with E-state index in [9.17, 15) is 9.59 Å². The van der Waals surface area contributed by atoms with Crippen LogP contribution < -0.4 is 15.4 Å². The highest BCUT2D eigenvalue weighted by molar-refractivity contribution is 5.94. The van der Waals surface area contributed by atoms with Crippen molar-refractivity contribution in [3.63, 3.8) is 0 Å². The van der Waals surface area contributed by atoms with Gasteiger partial charge in [-0.1, -0.05) is 29.8 Å². The molecule has 2 N–H and O–H groups in total. The van der Waals surface area contributed by atoms with Crippen molar-refractivity contribution in [2.75, 3.05) is 19.0 Å². The van der Waals surface area contributed by atoms with Gasteiger partial charge in [-0.2, -0.15) is 0 Å². The van der Waals surface area contributed by atoms with Gasteiger partial charge in [0.1, 0.15) is 5.75 Å². The van der Waals surface area contributed by atoms with Gasteiger partial charge in [-0.05, 0) is 49.2 Å². The first-order valence-electron chi connectivity index (χ1n) is 8.45. The Morgan fingerprint density at radius 1 is 1.08 bits per heavy atom. The minimum Gasteiger partial charge on any atom is -0.497 e. The van der Waals surface area contributed by atoms with Gasteiger partial charge in [0.2, 0.25) is 11.8 Å². The molecule has 0 radical (unpaired) electrons. The quantitative estimate of drug-likeness (QED) is 0.750. The molecule has 0 atom stereocenters. The minimum atomic E-state index is -0.236. The molecule has 0 fully saturated rings. The fourth-order valence-corrected chi connectivity index (χ4v) is 2.41. The summed E-state index contributed by atoms with van der Waals surface area (Å²) in [7, 11) is 1.61. The summed E-state index contributed by atoms with van der Waals surface area (Å²) in [5, 5.41) is 5.56. The maximum atomic E-state index is 12.0. The summed E-state index contributed by atoms with van der Waals surface area (Å²) in [6, 6.07) is 13.2. The molecule has 0 heterocycles. The molecule has 0 spiro atoms. The highest BCUT2D eigenvalue weighted by Crippen LogP contribution is 2.16. The monoisotopic (exact) mass is 352 g/mol. The SMILES string of the molecule is COc1ccc(/C=C/C(=O)NCCC(=O)Nc2ccc(C)cc2C)cc1. The Kier molecular flexibility index (Phi) is 6.97. The predicted molar refractivity (Wildman–Crippen MR) is 104 cm³/mol. The van der Waals surface area contributed by atoms with Crippen molar-refractivity contribution >= 4 is 23.6 Å². The molecule has 5 nitrogen and oxygen atoms in total. The van der Waals surface area contributed by atoms with Gasteiger partial charge in [-0.15, -0.1) is 0 Å². The van der Waals surface area contributed by atoms with E-state index in [4.69, 9.17) is 4.74 Å². The molecule has 0 saturated carbocycles. The summed E-state index contributed by atoms with van der Waals surface area (Å²) in [6.45, 7) is 4.24. The number of aryl methyl sites for hydroxylation is 2. The molecule has 2 aromatic rings. The van der Waals surface area contributed by atoms with Crippen molar-refractivity contribution in [1.82, 2.24) is 5.32 Å². The third-order valence-corrected chi connectivity index (χ3v) is 3.85. The zero-order valence-corrected chi connectivity index (χ0v) is 15.3. The van der Waals surface area contributed by atoms with Crippen LogP contribution in [0.3, 0.4) is 0 Å². The van der Waals surface area contributed by atoms with Crippen LogP contribution in [-0.2, 0) is 9.59 Å². The second kappa shape index (κ2) is 9.42. The molecule has 2 amide bonds. The lowest BCUT2D eigenvalue weighted by Crippen LogP contribution is -2.26. The molecule has 5 heteroatoms. The maximum Gasteiger partial charge on any atom is 0.244 e. The van der Waals surface area contributed by atoms with Gasteiger partial charge in [-0.3, -0.25) is 9.59 Å². The molecule has 26 heavy (non-hydrogen) atoms. The Balaban J connectivity index is 1.74. The number of amides is 2. The zero-order valence-electron chi connectivity index (χ0n) is 15.3. The molecule has 0 saturated heterocycles. The number of hydrogen-bond acceptors (Lipinski definition) is 3. The number of rotatable bonds is 7. The minimum absolute atomic E-state index is 0.128. The van der Waals surface area contributed by atoms with Crippen LogP contribution in [-0.4, -0.2) is 25.5 Å². The van der Waals surface area contributed by atoms with Gasteiger partial charge in [0.15, 0.2) is 0 Å². The molecule has 0 aliphatic rings. The van der Waals surface area contributed by atoms with Gasteiger partial charge in [0, 0.05) is 24.7 Å². The molecular formula is C21H24N2O3. The number of carbonyl (C=O) groups excluding carboxylic acids is 2. The predicted octanol–water partition coefficient (Wildman–Crippen LogP) is 3.47. The van der Waals surface area contributed by atoms with Gasteiger partial charge in [0.25, 0.3) is 0 Å². The average Bonchev–Trinajstić information content (AvgIpc) is 2.63. The van der Waals surface area contributed by atoms with Crippen molar-refractivity contribution in [2.45, 2.75) is 20.3 Å². The highest BCUT2D eigenvalue weighted by atomic mass is 16.5. The lowest BCUT2D eigenvalue weighted by molar-refractivity contribution is -0.117. The number of ether oxygens (including phenoxy) is 1. The smallest absolute Gasteiger partial charge is 0.244 e. The zero-order chi connectivity index (χ0) is 18.9. The summed E-state index contributed by atoms with van der Waals surface area (Å²) < 4.78 is 5.08. The Morgan fingerprint density at radius 3 is 2.46 bits per heavy atom. The third kappa shape index (κ3) is 6.09. The molecule has 2 rings (SSSR count). The van der Waals surface area contributed by atoms with E-state index in [2.05, 4.69) is 10.6 Å². The van der Waals surface area contributed by atoms with Gasteiger partial charge in [-0.25, -0.2) is 0 Å². The van der Waals surface area contributed by atoms with Crippen LogP contribution in [0.15, 0.2) is 48.5 Å². The molecule has 0 aliphatic heterocycles. The number of benzene rings is 2. The van der Waals surface area contributed by atoms with E-state index in [1.165, 1.54) is 6.08 Å². The van der Waals surface area contributed by atoms with E-state index in [-0.39, 0.29) is 24.8 Å². The van der Waals surface area contributed by atoms with Crippen LogP contribution in [0.2, 0.25) is 0 Å². The van der Waals surface area contributed by atoms with Crippen molar-refractivity contribution in [2.24, 2.45) is 0 Å². The van der Waals surface area contributed by atoms with Crippen LogP contribution in [0.1, 0.15) is 23.1 Å². The molecule has 0 bridgehead atoms. The number of carbonyl (C=O) groups is 2. The van der Waals surface area contributed by atoms with Crippen LogP contribution in [0.5, 0.6) is 5.75 Å². The van der Waals surface area contributed by atoms with Gasteiger partial charge >= 0.3 is 0 Å².